The van der Waals surface area contributed by atoms with E-state index in [9.17, 15) is 9.59 Å². The summed E-state index contributed by atoms with van der Waals surface area (Å²) in [4.78, 5) is 24.5. The molecule has 2 rings (SSSR count). The van der Waals surface area contributed by atoms with Crippen molar-refractivity contribution >= 4 is 12.0 Å². The first-order valence-electron chi connectivity index (χ1n) is 6.88. The van der Waals surface area contributed by atoms with Gasteiger partial charge in [0.1, 0.15) is 0 Å². The van der Waals surface area contributed by atoms with E-state index < -0.39 is 5.97 Å². The highest BCUT2D eigenvalue weighted by molar-refractivity contribution is 5.76. The number of urea groups is 1. The van der Waals surface area contributed by atoms with Crippen LogP contribution in [0.15, 0.2) is 24.3 Å². The van der Waals surface area contributed by atoms with Crippen molar-refractivity contribution < 1.29 is 14.7 Å². The Bertz CT molecular complexity index is 484. The van der Waals surface area contributed by atoms with Crippen molar-refractivity contribution in [2.45, 2.75) is 38.8 Å². The smallest absolute Gasteiger partial charge is 0.317 e. The number of hydrogen-bond donors (Lipinski definition) is 2. The second-order valence-electron chi connectivity index (χ2n) is 5.23. The Morgan fingerprint density at radius 3 is 2.70 bits per heavy atom. The number of nitrogens with one attached hydrogen (secondary N) is 1. The fraction of sp³-hybridized carbons (Fsp3) is 0.467. The first-order chi connectivity index (χ1) is 9.56. The maximum atomic E-state index is 12.1. The third kappa shape index (κ3) is 3.73. The van der Waals surface area contributed by atoms with E-state index in [4.69, 9.17) is 5.11 Å². The van der Waals surface area contributed by atoms with Gasteiger partial charge < -0.3 is 15.3 Å². The van der Waals surface area contributed by atoms with E-state index in [2.05, 4.69) is 5.32 Å². The number of carboxylic acid groups (broad SMARTS) is 1. The molecule has 5 nitrogen and oxygen atoms in total. The van der Waals surface area contributed by atoms with E-state index in [0.29, 0.717) is 13.1 Å². The van der Waals surface area contributed by atoms with E-state index in [-0.39, 0.29) is 18.5 Å². The number of hydrogen-bond acceptors (Lipinski definition) is 2. The largest absolute Gasteiger partial charge is 0.481 e. The molecule has 1 atom stereocenters. The van der Waals surface area contributed by atoms with Gasteiger partial charge in [-0.05, 0) is 25.3 Å². The molecular formula is C15H20N2O3. The summed E-state index contributed by atoms with van der Waals surface area (Å²) in [7, 11) is 0. The Morgan fingerprint density at radius 1 is 1.35 bits per heavy atom. The highest BCUT2D eigenvalue weighted by Gasteiger charge is 2.30. The predicted molar refractivity (Wildman–Crippen MR) is 75.4 cm³/mol. The lowest BCUT2D eigenvalue weighted by atomic mass is 10.1. The molecule has 0 aliphatic carbocycles. The van der Waals surface area contributed by atoms with E-state index >= 15 is 0 Å². The number of nitrogens with zero attached hydrogens (tertiary/aromatic N) is 1. The van der Waals surface area contributed by atoms with Crippen molar-refractivity contribution in [3.05, 3.63) is 35.4 Å². The van der Waals surface area contributed by atoms with Gasteiger partial charge in [0.05, 0.1) is 6.42 Å². The summed E-state index contributed by atoms with van der Waals surface area (Å²) in [5, 5.41) is 11.7. The van der Waals surface area contributed by atoms with Crippen LogP contribution in [-0.2, 0) is 11.3 Å². The molecule has 1 aromatic carbocycles. The first kappa shape index (κ1) is 14.4. The van der Waals surface area contributed by atoms with Crippen LogP contribution in [0.4, 0.5) is 4.79 Å². The average molecular weight is 276 g/mol. The topological polar surface area (TPSA) is 69.6 Å². The number of aryl methyl sites for hydroxylation is 1. The molecule has 1 aliphatic rings. The molecule has 1 saturated heterocycles. The number of benzene rings is 1. The number of likely N-dealkylation sites (tertiary alicyclic amines) is 1. The molecular weight excluding hydrogens is 256 g/mol. The predicted octanol–water partition coefficient (Wildman–Crippen LogP) is 2.14. The number of carbonyl (C=O) groups is 2. The fourth-order valence-electron chi connectivity index (χ4n) is 2.50. The Kier molecular flexibility index (Phi) is 4.61. The number of rotatable bonds is 4. The molecule has 0 bridgehead atoms. The van der Waals surface area contributed by atoms with Crippen molar-refractivity contribution in [2.75, 3.05) is 6.54 Å². The molecule has 1 aromatic rings. The van der Waals surface area contributed by atoms with Gasteiger partial charge >= 0.3 is 12.0 Å². The Balaban J connectivity index is 1.87. The van der Waals surface area contributed by atoms with E-state index in [0.717, 1.165) is 18.4 Å². The maximum absolute atomic E-state index is 12.1. The minimum absolute atomic E-state index is 0.0257. The van der Waals surface area contributed by atoms with E-state index in [1.165, 1.54) is 5.56 Å². The highest BCUT2D eigenvalue weighted by Crippen LogP contribution is 2.20. The molecule has 0 aromatic heterocycles. The molecule has 108 valence electrons. The fourth-order valence-corrected chi connectivity index (χ4v) is 2.50. The van der Waals surface area contributed by atoms with Gasteiger partial charge in [-0.3, -0.25) is 4.79 Å². The third-order valence-corrected chi connectivity index (χ3v) is 3.61. The minimum atomic E-state index is -0.853. The van der Waals surface area contributed by atoms with Crippen LogP contribution in [0, 0.1) is 6.92 Å². The minimum Gasteiger partial charge on any atom is -0.481 e. The Hall–Kier alpha value is -2.04. The molecule has 1 heterocycles. The molecule has 5 heteroatoms. The maximum Gasteiger partial charge on any atom is 0.317 e. The number of carbonyl (C=O) groups excluding carboxylic acids is 1. The normalized spacial score (nSPS) is 18.1. The lowest BCUT2D eigenvalue weighted by molar-refractivity contribution is -0.137. The van der Waals surface area contributed by atoms with Crippen molar-refractivity contribution in [1.82, 2.24) is 10.2 Å². The van der Waals surface area contributed by atoms with Gasteiger partial charge in [-0.25, -0.2) is 4.79 Å². The van der Waals surface area contributed by atoms with Gasteiger partial charge in [0, 0.05) is 19.1 Å². The Labute approximate surface area is 118 Å². The van der Waals surface area contributed by atoms with Crippen LogP contribution in [-0.4, -0.2) is 34.6 Å². The van der Waals surface area contributed by atoms with Crippen molar-refractivity contribution in [1.29, 1.82) is 0 Å². The van der Waals surface area contributed by atoms with Crippen LogP contribution in [0.25, 0.3) is 0 Å². The van der Waals surface area contributed by atoms with E-state index in [1.807, 2.05) is 31.2 Å². The average Bonchev–Trinajstić information content (AvgIpc) is 2.85. The summed E-state index contributed by atoms with van der Waals surface area (Å²) in [6, 6.07) is 7.62. The quantitative estimate of drug-likeness (QED) is 0.885. The lowest BCUT2D eigenvalue weighted by Gasteiger charge is -2.23. The first-order valence-corrected chi connectivity index (χ1v) is 6.88. The van der Waals surface area contributed by atoms with Gasteiger partial charge in [0.15, 0.2) is 0 Å². The molecule has 0 unspecified atom stereocenters. The second kappa shape index (κ2) is 6.41. The number of aliphatic carboxylic acids is 1. The van der Waals surface area contributed by atoms with Crippen molar-refractivity contribution in [3.63, 3.8) is 0 Å². The van der Waals surface area contributed by atoms with Crippen LogP contribution < -0.4 is 5.32 Å². The van der Waals surface area contributed by atoms with Crippen LogP contribution in [0.2, 0.25) is 0 Å². The summed E-state index contributed by atoms with van der Waals surface area (Å²) in [6.07, 6.45) is 1.66. The van der Waals surface area contributed by atoms with Crippen LogP contribution in [0.5, 0.6) is 0 Å². The molecule has 0 saturated carbocycles. The standard InChI is InChI=1S/C15H20N2O3/c1-11-4-6-12(7-5-11)10-16-15(20)17-8-2-3-13(17)9-14(18)19/h4-7,13H,2-3,8-10H2,1H3,(H,16,20)(H,18,19)/t13-/m0/s1. The van der Waals surface area contributed by atoms with Gasteiger partial charge in [0.25, 0.3) is 0 Å². The molecule has 0 radical (unpaired) electrons. The van der Waals surface area contributed by atoms with E-state index in [1.54, 1.807) is 4.90 Å². The van der Waals surface area contributed by atoms with Crippen LogP contribution >= 0.6 is 0 Å². The zero-order chi connectivity index (χ0) is 14.5. The monoisotopic (exact) mass is 276 g/mol. The molecule has 1 aliphatic heterocycles. The summed E-state index contributed by atoms with van der Waals surface area (Å²) in [6.45, 7) is 3.12. The SMILES string of the molecule is Cc1ccc(CNC(=O)N2CCC[C@H]2CC(=O)O)cc1. The van der Waals surface area contributed by atoms with Crippen LogP contribution in [0.1, 0.15) is 30.4 Å². The van der Waals surface area contributed by atoms with Crippen LogP contribution in [0.3, 0.4) is 0 Å². The summed E-state index contributed by atoms with van der Waals surface area (Å²) >= 11 is 0. The summed E-state index contributed by atoms with van der Waals surface area (Å²) in [5.74, 6) is -0.853. The van der Waals surface area contributed by atoms with Gasteiger partial charge in [-0.2, -0.15) is 0 Å². The van der Waals surface area contributed by atoms with Gasteiger partial charge in [-0.1, -0.05) is 29.8 Å². The lowest BCUT2D eigenvalue weighted by Crippen LogP contribution is -2.43. The third-order valence-electron chi connectivity index (χ3n) is 3.61. The van der Waals surface area contributed by atoms with Gasteiger partial charge in [0.2, 0.25) is 0 Å². The summed E-state index contributed by atoms with van der Waals surface area (Å²) < 4.78 is 0. The number of amides is 2. The Morgan fingerprint density at radius 2 is 2.05 bits per heavy atom. The number of carboxylic acids is 1. The molecule has 2 N–H and O–H groups in total. The van der Waals surface area contributed by atoms with Gasteiger partial charge in [-0.15, -0.1) is 0 Å². The second-order valence-corrected chi connectivity index (χ2v) is 5.23. The van der Waals surface area contributed by atoms with Crippen molar-refractivity contribution in [3.8, 4) is 0 Å². The molecule has 1 fully saturated rings. The van der Waals surface area contributed by atoms with Crippen molar-refractivity contribution in [2.24, 2.45) is 0 Å². The molecule has 20 heavy (non-hydrogen) atoms. The zero-order valence-electron chi connectivity index (χ0n) is 11.6. The molecule has 0 spiro atoms. The highest BCUT2D eigenvalue weighted by atomic mass is 16.4. The molecule has 2 amide bonds. The zero-order valence-corrected chi connectivity index (χ0v) is 11.6. The summed E-state index contributed by atoms with van der Waals surface area (Å²) in [5.41, 5.74) is 2.22.